The molecule has 0 amide bonds. The molecule has 0 aliphatic heterocycles. The molecule has 0 atom stereocenters. The molecule has 162 valence electrons. The molecule has 2 N–H and O–H groups in total. The Hall–Kier alpha value is -1.94. The van der Waals surface area contributed by atoms with Gasteiger partial charge in [-0.15, -0.1) is 35.3 Å². The highest BCUT2D eigenvalue weighted by Crippen LogP contribution is 2.19. The van der Waals surface area contributed by atoms with E-state index in [1.165, 1.54) is 10.4 Å². The fourth-order valence-corrected chi connectivity index (χ4v) is 3.64. The van der Waals surface area contributed by atoms with Crippen molar-refractivity contribution >= 4 is 41.3 Å². The normalized spacial score (nSPS) is 11.2. The van der Waals surface area contributed by atoms with Crippen LogP contribution in [0.4, 0.5) is 0 Å². The average Bonchev–Trinajstić information content (AvgIpc) is 3.38. The molecule has 0 saturated heterocycles. The maximum Gasteiger partial charge on any atom is 0.226 e. The number of nitrogens with one attached hydrogen (secondary N) is 2. The molecule has 0 radical (unpaired) electrons. The summed E-state index contributed by atoms with van der Waals surface area (Å²) in [5.41, 5.74) is 3.15. The smallest absolute Gasteiger partial charge is 0.226 e. The Morgan fingerprint density at radius 1 is 1.13 bits per heavy atom. The Balaban J connectivity index is 0.00000320. The molecule has 3 aromatic rings. The first kappa shape index (κ1) is 24.3. The van der Waals surface area contributed by atoms with Crippen molar-refractivity contribution in [3.8, 4) is 11.5 Å². The molecular formula is C22H30IN5OS. The van der Waals surface area contributed by atoms with Crippen molar-refractivity contribution in [3.05, 3.63) is 57.9 Å². The zero-order valence-corrected chi connectivity index (χ0v) is 20.9. The van der Waals surface area contributed by atoms with Gasteiger partial charge in [0.2, 0.25) is 5.89 Å². The van der Waals surface area contributed by atoms with Gasteiger partial charge in [-0.25, -0.2) is 9.97 Å². The number of hydrogen-bond donors (Lipinski definition) is 2. The molecule has 0 fully saturated rings. The maximum absolute atomic E-state index is 5.63. The van der Waals surface area contributed by atoms with E-state index in [1.807, 2.05) is 18.3 Å². The fraction of sp³-hybridized carbons (Fsp3) is 0.409. The molecule has 0 spiro atoms. The average molecular weight is 539 g/mol. The standard InChI is InChI=1S/C22H29N5OS.HI/c1-4-19-14-26-20(29-19)11-13-25-22(23-5-2)24-12-10-18-15-28-21(27-18)17-8-6-16(3)7-9-17;/h6-9,14-15H,4-5,10-13H2,1-3H3,(H2,23,24,25);1H. The van der Waals surface area contributed by atoms with E-state index in [4.69, 9.17) is 4.42 Å². The lowest BCUT2D eigenvalue weighted by Crippen LogP contribution is -2.38. The number of nitrogens with zero attached hydrogens (tertiary/aromatic N) is 3. The van der Waals surface area contributed by atoms with Gasteiger partial charge < -0.3 is 15.1 Å². The third-order valence-electron chi connectivity index (χ3n) is 4.41. The molecule has 0 aliphatic rings. The van der Waals surface area contributed by atoms with Gasteiger partial charge in [0.05, 0.1) is 10.7 Å². The second kappa shape index (κ2) is 12.7. The zero-order valence-electron chi connectivity index (χ0n) is 17.8. The number of thiazole rings is 1. The number of rotatable bonds is 9. The second-order valence-electron chi connectivity index (χ2n) is 6.77. The lowest BCUT2D eigenvalue weighted by atomic mass is 10.1. The summed E-state index contributed by atoms with van der Waals surface area (Å²) in [5, 5.41) is 7.80. The number of halogens is 1. The van der Waals surface area contributed by atoms with Crippen LogP contribution >= 0.6 is 35.3 Å². The van der Waals surface area contributed by atoms with Crippen LogP contribution < -0.4 is 10.6 Å². The van der Waals surface area contributed by atoms with Gasteiger partial charge in [-0.05, 0) is 32.4 Å². The molecule has 2 aromatic heterocycles. The minimum atomic E-state index is 0. The number of oxazole rings is 1. The van der Waals surface area contributed by atoms with Crippen LogP contribution in [0, 0.1) is 6.92 Å². The van der Waals surface area contributed by atoms with Gasteiger partial charge in [0.1, 0.15) is 6.26 Å². The van der Waals surface area contributed by atoms with E-state index in [0.717, 1.165) is 54.6 Å². The Morgan fingerprint density at radius 2 is 1.93 bits per heavy atom. The number of aliphatic imine (C=N–C) groups is 1. The molecule has 2 heterocycles. The van der Waals surface area contributed by atoms with Crippen molar-refractivity contribution in [1.82, 2.24) is 20.6 Å². The van der Waals surface area contributed by atoms with Gasteiger partial charge in [0.25, 0.3) is 0 Å². The zero-order chi connectivity index (χ0) is 20.5. The monoisotopic (exact) mass is 539 g/mol. The molecule has 0 unspecified atom stereocenters. The second-order valence-corrected chi connectivity index (χ2v) is 7.97. The van der Waals surface area contributed by atoms with E-state index in [0.29, 0.717) is 12.4 Å². The highest BCUT2D eigenvalue weighted by atomic mass is 127. The van der Waals surface area contributed by atoms with Gasteiger partial charge in [-0.1, -0.05) is 24.6 Å². The van der Waals surface area contributed by atoms with E-state index >= 15 is 0 Å². The van der Waals surface area contributed by atoms with E-state index in [1.54, 1.807) is 17.6 Å². The first-order valence-electron chi connectivity index (χ1n) is 10.1. The summed E-state index contributed by atoms with van der Waals surface area (Å²) in [6.45, 7) is 8.57. The van der Waals surface area contributed by atoms with Crippen LogP contribution in [0.2, 0.25) is 0 Å². The van der Waals surface area contributed by atoms with Crippen LogP contribution in [0.1, 0.15) is 35.0 Å². The first-order chi connectivity index (χ1) is 14.2. The molecule has 3 rings (SSSR count). The summed E-state index contributed by atoms with van der Waals surface area (Å²) in [6.07, 6.45) is 6.38. The maximum atomic E-state index is 5.63. The van der Waals surface area contributed by atoms with Crippen LogP contribution in [0.5, 0.6) is 0 Å². The van der Waals surface area contributed by atoms with Gasteiger partial charge >= 0.3 is 0 Å². The summed E-state index contributed by atoms with van der Waals surface area (Å²) in [7, 11) is 0. The highest BCUT2D eigenvalue weighted by molar-refractivity contribution is 14.0. The molecule has 30 heavy (non-hydrogen) atoms. The van der Waals surface area contributed by atoms with Crippen LogP contribution in [0.15, 0.2) is 46.1 Å². The summed E-state index contributed by atoms with van der Waals surface area (Å²) >= 11 is 1.77. The van der Waals surface area contributed by atoms with Gasteiger partial charge in [-0.2, -0.15) is 0 Å². The summed E-state index contributed by atoms with van der Waals surface area (Å²) in [4.78, 5) is 15.0. The highest BCUT2D eigenvalue weighted by Gasteiger charge is 2.07. The summed E-state index contributed by atoms with van der Waals surface area (Å²) in [5.74, 6) is 1.48. The largest absolute Gasteiger partial charge is 0.444 e. The number of aromatic nitrogens is 2. The van der Waals surface area contributed by atoms with Gasteiger partial charge in [0.15, 0.2) is 5.96 Å². The summed E-state index contributed by atoms with van der Waals surface area (Å²) in [6, 6.07) is 8.19. The Labute approximate surface area is 199 Å². The van der Waals surface area contributed by atoms with Crippen LogP contribution in [-0.4, -0.2) is 35.6 Å². The fourth-order valence-electron chi connectivity index (χ4n) is 2.79. The van der Waals surface area contributed by atoms with Crippen molar-refractivity contribution in [2.24, 2.45) is 4.99 Å². The minimum absolute atomic E-state index is 0. The molecular weight excluding hydrogens is 509 g/mol. The Kier molecular flexibility index (Phi) is 10.3. The van der Waals surface area contributed by atoms with Crippen molar-refractivity contribution in [2.45, 2.75) is 40.0 Å². The van der Waals surface area contributed by atoms with Crippen molar-refractivity contribution < 1.29 is 4.42 Å². The Bertz CT molecular complexity index is 920. The predicted molar refractivity (Wildman–Crippen MR) is 135 cm³/mol. The van der Waals surface area contributed by atoms with Crippen LogP contribution in [0.25, 0.3) is 11.5 Å². The molecule has 0 bridgehead atoms. The molecule has 8 heteroatoms. The molecule has 0 saturated carbocycles. The van der Waals surface area contributed by atoms with Crippen LogP contribution in [0.3, 0.4) is 0 Å². The lowest BCUT2D eigenvalue weighted by Gasteiger charge is -2.10. The Morgan fingerprint density at radius 3 is 2.63 bits per heavy atom. The molecule has 0 aliphatic carbocycles. The van der Waals surface area contributed by atoms with E-state index in [9.17, 15) is 0 Å². The van der Waals surface area contributed by atoms with E-state index < -0.39 is 0 Å². The predicted octanol–water partition coefficient (Wildman–Crippen LogP) is 4.63. The number of benzene rings is 1. The number of guanidine groups is 1. The number of aryl methyl sites for hydroxylation is 2. The van der Waals surface area contributed by atoms with Crippen molar-refractivity contribution in [1.29, 1.82) is 0 Å². The van der Waals surface area contributed by atoms with Crippen LogP contribution in [-0.2, 0) is 19.3 Å². The first-order valence-corrected chi connectivity index (χ1v) is 11.0. The van der Waals surface area contributed by atoms with E-state index in [2.05, 4.69) is 58.5 Å². The number of hydrogen-bond acceptors (Lipinski definition) is 5. The van der Waals surface area contributed by atoms with Gasteiger partial charge in [-0.3, -0.25) is 4.99 Å². The third-order valence-corrected chi connectivity index (χ3v) is 5.61. The third kappa shape index (κ3) is 7.39. The lowest BCUT2D eigenvalue weighted by molar-refractivity contribution is 0.572. The topological polar surface area (TPSA) is 75.3 Å². The molecule has 1 aromatic carbocycles. The summed E-state index contributed by atoms with van der Waals surface area (Å²) < 4.78 is 5.63. The quantitative estimate of drug-likeness (QED) is 0.236. The minimum Gasteiger partial charge on any atom is -0.444 e. The van der Waals surface area contributed by atoms with Crippen molar-refractivity contribution in [2.75, 3.05) is 19.6 Å². The molecule has 6 nitrogen and oxygen atoms in total. The van der Waals surface area contributed by atoms with E-state index in [-0.39, 0.29) is 24.0 Å². The SMILES string of the molecule is CCNC(=NCCc1ncc(CC)s1)NCCc1coc(-c2ccc(C)cc2)n1.I. The van der Waals surface area contributed by atoms with Gasteiger partial charge in [0, 0.05) is 49.1 Å². The van der Waals surface area contributed by atoms with Crippen molar-refractivity contribution in [3.63, 3.8) is 0 Å².